The van der Waals surface area contributed by atoms with E-state index in [1.54, 1.807) is 6.20 Å². The number of nitrogens with zero attached hydrogens (tertiary/aromatic N) is 4. The summed E-state index contributed by atoms with van der Waals surface area (Å²) >= 11 is 0. The van der Waals surface area contributed by atoms with Crippen molar-refractivity contribution < 1.29 is 4.74 Å². The smallest absolute Gasteiger partial charge is 0.232 e. The zero-order chi connectivity index (χ0) is 15.7. The molecular formula is C15H20N6O. The van der Waals surface area contributed by atoms with E-state index in [2.05, 4.69) is 39.2 Å². The summed E-state index contributed by atoms with van der Waals surface area (Å²) in [7, 11) is 0. The highest BCUT2D eigenvalue weighted by Gasteiger charge is 2.13. The lowest BCUT2D eigenvalue weighted by molar-refractivity contribution is 0.331. The van der Waals surface area contributed by atoms with Gasteiger partial charge in [-0.15, -0.1) is 0 Å². The van der Waals surface area contributed by atoms with Crippen LogP contribution in [0.25, 0.3) is 11.0 Å². The second kappa shape index (κ2) is 5.67. The Morgan fingerprint density at radius 2 is 2.18 bits per heavy atom. The van der Waals surface area contributed by atoms with Crippen LogP contribution in [0, 0.1) is 6.92 Å². The average molecular weight is 300 g/mol. The van der Waals surface area contributed by atoms with Gasteiger partial charge in [0.15, 0.2) is 0 Å². The molecule has 7 nitrogen and oxygen atoms in total. The fraction of sp³-hybridized carbons (Fsp3) is 0.400. The highest BCUT2D eigenvalue weighted by Crippen LogP contribution is 2.26. The van der Waals surface area contributed by atoms with Crippen LogP contribution in [-0.4, -0.2) is 31.3 Å². The zero-order valence-corrected chi connectivity index (χ0v) is 13.2. The predicted molar refractivity (Wildman–Crippen MR) is 85.7 cm³/mol. The number of H-pyrrole nitrogens is 1. The van der Waals surface area contributed by atoms with Gasteiger partial charge in [-0.3, -0.25) is 4.68 Å². The quantitative estimate of drug-likeness (QED) is 0.756. The molecule has 0 saturated heterocycles. The first-order chi connectivity index (χ1) is 10.6. The van der Waals surface area contributed by atoms with Crippen molar-refractivity contribution in [3.63, 3.8) is 0 Å². The van der Waals surface area contributed by atoms with Gasteiger partial charge < -0.3 is 15.0 Å². The van der Waals surface area contributed by atoms with Crippen LogP contribution in [-0.2, 0) is 0 Å². The molecule has 22 heavy (non-hydrogen) atoms. The van der Waals surface area contributed by atoms with E-state index in [9.17, 15) is 0 Å². The van der Waals surface area contributed by atoms with E-state index < -0.39 is 0 Å². The van der Waals surface area contributed by atoms with Crippen molar-refractivity contribution in [2.24, 2.45) is 0 Å². The molecule has 0 bridgehead atoms. The molecule has 0 radical (unpaired) electrons. The summed E-state index contributed by atoms with van der Waals surface area (Å²) in [4.78, 5) is 12.0. The van der Waals surface area contributed by atoms with Crippen molar-refractivity contribution in [3.05, 3.63) is 24.2 Å². The van der Waals surface area contributed by atoms with Crippen LogP contribution >= 0.6 is 0 Å². The van der Waals surface area contributed by atoms with Crippen molar-refractivity contribution in [2.75, 3.05) is 11.9 Å². The summed E-state index contributed by atoms with van der Waals surface area (Å²) in [5.74, 6) is 1.06. The van der Waals surface area contributed by atoms with Crippen LogP contribution in [0.4, 0.5) is 11.6 Å². The molecule has 0 saturated carbocycles. The molecule has 0 atom stereocenters. The highest BCUT2D eigenvalue weighted by molar-refractivity contribution is 5.82. The van der Waals surface area contributed by atoms with Gasteiger partial charge in [-0.05, 0) is 33.8 Å². The van der Waals surface area contributed by atoms with Gasteiger partial charge in [0.1, 0.15) is 5.65 Å². The topological polar surface area (TPSA) is 80.7 Å². The Morgan fingerprint density at radius 1 is 1.36 bits per heavy atom. The number of nitrogens with one attached hydrogen (secondary N) is 2. The molecule has 3 aromatic heterocycles. The molecule has 3 heterocycles. The number of fused-ring (bicyclic) bond motifs is 1. The van der Waals surface area contributed by atoms with E-state index >= 15 is 0 Å². The number of aromatic amines is 1. The predicted octanol–water partition coefficient (Wildman–Crippen LogP) is 3.19. The Kier molecular flexibility index (Phi) is 3.70. The molecule has 0 spiro atoms. The normalized spacial score (nSPS) is 11.3. The molecule has 116 valence electrons. The zero-order valence-electron chi connectivity index (χ0n) is 13.2. The molecule has 0 amide bonds. The van der Waals surface area contributed by atoms with Gasteiger partial charge in [-0.25, -0.2) is 0 Å². The number of aromatic nitrogens is 5. The minimum absolute atomic E-state index is 0.307. The second-order valence-corrected chi connectivity index (χ2v) is 5.33. The fourth-order valence-corrected chi connectivity index (χ4v) is 2.40. The molecular weight excluding hydrogens is 280 g/mol. The summed E-state index contributed by atoms with van der Waals surface area (Å²) < 4.78 is 7.55. The van der Waals surface area contributed by atoms with Gasteiger partial charge in [0.2, 0.25) is 11.8 Å². The molecule has 0 aromatic carbocycles. The van der Waals surface area contributed by atoms with Crippen molar-refractivity contribution in [1.29, 1.82) is 0 Å². The maximum Gasteiger partial charge on any atom is 0.232 e. The molecule has 0 aliphatic heterocycles. The SMILES string of the molecule is CCOc1nc(Nc2cnn(C(C)C)c2C)nc2[nH]ccc12. The number of hydrogen-bond donors (Lipinski definition) is 2. The Bertz CT molecular complexity index is 789. The molecule has 2 N–H and O–H groups in total. The van der Waals surface area contributed by atoms with Gasteiger partial charge in [0.05, 0.1) is 29.6 Å². The largest absolute Gasteiger partial charge is 0.477 e. The van der Waals surface area contributed by atoms with Crippen molar-refractivity contribution in [2.45, 2.75) is 33.7 Å². The Hall–Kier alpha value is -2.57. The van der Waals surface area contributed by atoms with Crippen LogP contribution in [0.5, 0.6) is 5.88 Å². The van der Waals surface area contributed by atoms with E-state index in [1.165, 1.54) is 0 Å². The van der Waals surface area contributed by atoms with Gasteiger partial charge in [-0.2, -0.15) is 15.1 Å². The van der Waals surface area contributed by atoms with Crippen molar-refractivity contribution >= 4 is 22.7 Å². The first-order valence-electron chi connectivity index (χ1n) is 7.39. The number of ether oxygens (including phenoxy) is 1. The lowest BCUT2D eigenvalue weighted by atomic mass is 10.3. The third-order valence-corrected chi connectivity index (χ3v) is 3.44. The molecule has 0 aliphatic rings. The van der Waals surface area contributed by atoms with Crippen molar-refractivity contribution in [1.82, 2.24) is 24.7 Å². The molecule has 0 fully saturated rings. The van der Waals surface area contributed by atoms with E-state index in [4.69, 9.17) is 4.74 Å². The van der Waals surface area contributed by atoms with Crippen LogP contribution in [0.1, 0.15) is 32.5 Å². The Morgan fingerprint density at radius 3 is 2.86 bits per heavy atom. The number of anilines is 2. The van der Waals surface area contributed by atoms with E-state index in [-0.39, 0.29) is 0 Å². The first-order valence-corrected chi connectivity index (χ1v) is 7.39. The lowest BCUT2D eigenvalue weighted by Gasteiger charge is -2.10. The lowest BCUT2D eigenvalue weighted by Crippen LogP contribution is -2.06. The average Bonchev–Trinajstić information content (AvgIpc) is 3.07. The van der Waals surface area contributed by atoms with Crippen LogP contribution in [0.2, 0.25) is 0 Å². The van der Waals surface area contributed by atoms with E-state index in [1.807, 2.05) is 30.8 Å². The molecule has 7 heteroatoms. The maximum atomic E-state index is 5.60. The summed E-state index contributed by atoms with van der Waals surface area (Å²) in [6.45, 7) is 8.70. The minimum atomic E-state index is 0.307. The van der Waals surface area contributed by atoms with Crippen LogP contribution in [0.3, 0.4) is 0 Å². The van der Waals surface area contributed by atoms with Gasteiger partial charge in [0.25, 0.3) is 0 Å². The number of hydrogen-bond acceptors (Lipinski definition) is 5. The Labute approximate surface area is 128 Å². The number of rotatable bonds is 5. The van der Waals surface area contributed by atoms with Crippen molar-refractivity contribution in [3.8, 4) is 5.88 Å². The van der Waals surface area contributed by atoms with Crippen LogP contribution < -0.4 is 10.1 Å². The summed E-state index contributed by atoms with van der Waals surface area (Å²) in [6.07, 6.45) is 3.62. The van der Waals surface area contributed by atoms with Crippen LogP contribution in [0.15, 0.2) is 18.5 Å². The maximum absolute atomic E-state index is 5.60. The summed E-state index contributed by atoms with van der Waals surface area (Å²) in [5.41, 5.74) is 2.68. The molecule has 0 unspecified atom stereocenters. The monoisotopic (exact) mass is 300 g/mol. The highest BCUT2D eigenvalue weighted by atomic mass is 16.5. The standard InChI is InChI=1S/C15H20N6O/c1-5-22-14-11-6-7-16-13(11)19-15(20-14)18-12-8-17-21(9(2)3)10(12)4/h6-9H,5H2,1-4H3,(H2,16,18,19,20). The van der Waals surface area contributed by atoms with E-state index in [0.29, 0.717) is 24.5 Å². The third kappa shape index (κ3) is 2.49. The molecule has 0 aliphatic carbocycles. The first kappa shape index (κ1) is 14.4. The molecule has 3 aromatic rings. The van der Waals surface area contributed by atoms with Gasteiger partial charge in [0, 0.05) is 12.2 Å². The summed E-state index contributed by atoms with van der Waals surface area (Å²) in [6, 6.07) is 2.22. The minimum Gasteiger partial charge on any atom is -0.477 e. The summed E-state index contributed by atoms with van der Waals surface area (Å²) in [5, 5.41) is 8.48. The second-order valence-electron chi connectivity index (χ2n) is 5.33. The third-order valence-electron chi connectivity index (χ3n) is 3.44. The van der Waals surface area contributed by atoms with E-state index in [0.717, 1.165) is 22.4 Å². The Balaban J connectivity index is 1.97. The van der Waals surface area contributed by atoms with Gasteiger partial charge in [-0.1, -0.05) is 0 Å². The van der Waals surface area contributed by atoms with Gasteiger partial charge >= 0.3 is 0 Å². The fourth-order valence-electron chi connectivity index (χ4n) is 2.40. The molecule has 3 rings (SSSR count).